The van der Waals surface area contributed by atoms with Gasteiger partial charge in [-0.15, -0.1) is 0 Å². The normalized spacial score (nSPS) is 10.4. The molecule has 0 heterocycles. The maximum absolute atomic E-state index is 3.42. The molecule has 0 spiro atoms. The lowest BCUT2D eigenvalue weighted by Gasteiger charge is -2.04. The van der Waals surface area contributed by atoms with Crippen LogP contribution in [0.2, 0.25) is 0 Å². The van der Waals surface area contributed by atoms with Crippen LogP contribution < -0.4 is 5.32 Å². The van der Waals surface area contributed by atoms with E-state index in [1.165, 1.54) is 12.8 Å². The van der Waals surface area contributed by atoms with Gasteiger partial charge in [0.25, 0.3) is 0 Å². The van der Waals surface area contributed by atoms with Gasteiger partial charge in [-0.25, -0.2) is 0 Å². The third kappa shape index (κ3) is 17.7. The Kier molecular flexibility index (Phi) is 17.5. The molecular formula is C13H29N. The summed E-state index contributed by atoms with van der Waals surface area (Å²) in [5.41, 5.74) is 0. The van der Waals surface area contributed by atoms with Gasteiger partial charge in [0.2, 0.25) is 0 Å². The fraction of sp³-hybridized carbons (Fsp3) is 0.846. The van der Waals surface area contributed by atoms with E-state index in [0.29, 0.717) is 0 Å². The Balaban J connectivity index is 0. The van der Waals surface area contributed by atoms with Gasteiger partial charge in [-0.2, -0.15) is 0 Å². The van der Waals surface area contributed by atoms with E-state index in [2.05, 4.69) is 38.2 Å². The lowest BCUT2D eigenvalue weighted by Crippen LogP contribution is -2.17. The van der Waals surface area contributed by atoms with Crippen molar-refractivity contribution in [1.82, 2.24) is 5.32 Å². The molecule has 0 aliphatic rings. The van der Waals surface area contributed by atoms with Crippen LogP contribution in [0.3, 0.4) is 0 Å². The van der Waals surface area contributed by atoms with Crippen molar-refractivity contribution in [3.05, 3.63) is 12.2 Å². The molecule has 0 rings (SSSR count). The number of nitrogens with one attached hydrogen (secondary N) is 1. The fourth-order valence-corrected chi connectivity index (χ4v) is 0.986. The van der Waals surface area contributed by atoms with Crippen LogP contribution in [0, 0.1) is 5.92 Å². The predicted molar refractivity (Wildman–Crippen MR) is 67.7 cm³/mol. The molecule has 0 unspecified atom stereocenters. The van der Waals surface area contributed by atoms with Crippen molar-refractivity contribution in [1.29, 1.82) is 0 Å². The molecule has 0 amide bonds. The second-order valence-electron chi connectivity index (χ2n) is 3.60. The number of allylic oxidation sites excluding steroid dienone is 1. The van der Waals surface area contributed by atoms with E-state index in [0.717, 1.165) is 25.4 Å². The Morgan fingerprint density at radius 2 is 1.71 bits per heavy atom. The van der Waals surface area contributed by atoms with E-state index in [4.69, 9.17) is 0 Å². The highest BCUT2D eigenvalue weighted by molar-refractivity contribution is 4.80. The first-order chi connectivity index (χ1) is 6.77. The van der Waals surface area contributed by atoms with Crippen LogP contribution in [-0.2, 0) is 0 Å². The molecule has 0 fully saturated rings. The van der Waals surface area contributed by atoms with E-state index >= 15 is 0 Å². The predicted octanol–water partition coefficient (Wildman–Crippen LogP) is 4.00. The van der Waals surface area contributed by atoms with Crippen LogP contribution in [0.5, 0.6) is 0 Å². The van der Waals surface area contributed by atoms with Crippen LogP contribution >= 0.6 is 0 Å². The fourth-order valence-electron chi connectivity index (χ4n) is 0.986. The summed E-state index contributed by atoms with van der Waals surface area (Å²) in [5.74, 6) is 0.823. The quantitative estimate of drug-likeness (QED) is 0.482. The molecule has 0 aromatic carbocycles. The Morgan fingerprint density at radius 1 is 1.07 bits per heavy atom. The molecule has 1 N–H and O–H groups in total. The zero-order chi connectivity index (χ0) is 11.2. The van der Waals surface area contributed by atoms with E-state index in [1.54, 1.807) is 0 Å². The number of rotatable bonds is 7. The van der Waals surface area contributed by atoms with Gasteiger partial charge in [-0.1, -0.05) is 46.8 Å². The van der Waals surface area contributed by atoms with Gasteiger partial charge in [0.1, 0.15) is 0 Å². The SMILES string of the molecule is CC.CC/C=C/CCNCCC(C)C. The maximum atomic E-state index is 3.42. The topological polar surface area (TPSA) is 12.0 Å². The Hall–Kier alpha value is -0.300. The van der Waals surface area contributed by atoms with Crippen molar-refractivity contribution in [3.8, 4) is 0 Å². The van der Waals surface area contributed by atoms with Crippen LogP contribution in [-0.4, -0.2) is 13.1 Å². The largest absolute Gasteiger partial charge is 0.316 e. The standard InChI is InChI=1S/C11H23N.C2H6/c1-4-5-6-7-9-12-10-8-11(2)3;1-2/h5-6,11-12H,4,7-10H2,1-3H3;1-2H3/b6-5+;. The van der Waals surface area contributed by atoms with Crippen LogP contribution in [0.1, 0.15) is 53.9 Å². The average Bonchev–Trinajstić information content (AvgIpc) is 2.19. The molecule has 0 radical (unpaired) electrons. The van der Waals surface area contributed by atoms with E-state index < -0.39 is 0 Å². The van der Waals surface area contributed by atoms with Crippen molar-refractivity contribution < 1.29 is 0 Å². The molecular weight excluding hydrogens is 170 g/mol. The molecule has 0 aliphatic heterocycles. The van der Waals surface area contributed by atoms with Crippen LogP contribution in [0.15, 0.2) is 12.2 Å². The summed E-state index contributed by atoms with van der Waals surface area (Å²) in [4.78, 5) is 0. The summed E-state index contributed by atoms with van der Waals surface area (Å²) in [5, 5.41) is 3.42. The van der Waals surface area contributed by atoms with Gasteiger partial charge >= 0.3 is 0 Å². The van der Waals surface area contributed by atoms with E-state index in [-0.39, 0.29) is 0 Å². The van der Waals surface area contributed by atoms with Crippen molar-refractivity contribution in [2.24, 2.45) is 5.92 Å². The van der Waals surface area contributed by atoms with Gasteiger partial charge in [0, 0.05) is 0 Å². The van der Waals surface area contributed by atoms with Crippen molar-refractivity contribution >= 4 is 0 Å². The van der Waals surface area contributed by atoms with Crippen molar-refractivity contribution in [3.63, 3.8) is 0 Å². The molecule has 0 atom stereocenters. The Morgan fingerprint density at radius 3 is 2.21 bits per heavy atom. The minimum Gasteiger partial charge on any atom is -0.316 e. The monoisotopic (exact) mass is 199 g/mol. The first-order valence-electron chi connectivity index (χ1n) is 6.13. The highest BCUT2D eigenvalue weighted by Crippen LogP contribution is 1.96. The Bertz CT molecular complexity index is 106. The van der Waals surface area contributed by atoms with Gasteiger partial charge in [0.05, 0.1) is 0 Å². The molecule has 0 saturated carbocycles. The molecule has 0 bridgehead atoms. The summed E-state index contributed by atoms with van der Waals surface area (Å²) in [7, 11) is 0. The molecule has 86 valence electrons. The first-order valence-corrected chi connectivity index (χ1v) is 6.13. The third-order valence-electron chi connectivity index (χ3n) is 1.79. The smallest absolute Gasteiger partial charge is 0.00143 e. The zero-order valence-corrected chi connectivity index (χ0v) is 10.8. The molecule has 0 aliphatic carbocycles. The van der Waals surface area contributed by atoms with Gasteiger partial charge in [-0.3, -0.25) is 0 Å². The lowest BCUT2D eigenvalue weighted by atomic mass is 10.1. The molecule has 1 nitrogen and oxygen atoms in total. The first kappa shape index (κ1) is 16.1. The molecule has 14 heavy (non-hydrogen) atoms. The van der Waals surface area contributed by atoms with Gasteiger partial charge in [-0.05, 0) is 38.3 Å². The van der Waals surface area contributed by atoms with Crippen LogP contribution in [0.25, 0.3) is 0 Å². The zero-order valence-electron chi connectivity index (χ0n) is 10.8. The number of hydrogen-bond acceptors (Lipinski definition) is 1. The van der Waals surface area contributed by atoms with Crippen molar-refractivity contribution in [2.45, 2.75) is 53.9 Å². The molecule has 0 aromatic rings. The summed E-state index contributed by atoms with van der Waals surface area (Å²) in [6.07, 6.45) is 8.10. The average molecular weight is 199 g/mol. The minimum atomic E-state index is 0.823. The van der Waals surface area contributed by atoms with E-state index in [1.807, 2.05) is 13.8 Å². The van der Waals surface area contributed by atoms with Crippen molar-refractivity contribution in [2.75, 3.05) is 13.1 Å². The lowest BCUT2D eigenvalue weighted by molar-refractivity contribution is 0.540. The summed E-state index contributed by atoms with van der Waals surface area (Å²) in [6.45, 7) is 13.0. The second kappa shape index (κ2) is 15.2. The minimum absolute atomic E-state index is 0.823. The summed E-state index contributed by atoms with van der Waals surface area (Å²) in [6, 6.07) is 0. The summed E-state index contributed by atoms with van der Waals surface area (Å²) < 4.78 is 0. The maximum Gasteiger partial charge on any atom is -0.00143 e. The van der Waals surface area contributed by atoms with E-state index in [9.17, 15) is 0 Å². The molecule has 0 saturated heterocycles. The van der Waals surface area contributed by atoms with Crippen LogP contribution in [0.4, 0.5) is 0 Å². The van der Waals surface area contributed by atoms with Gasteiger partial charge < -0.3 is 5.32 Å². The second-order valence-corrected chi connectivity index (χ2v) is 3.60. The summed E-state index contributed by atoms with van der Waals surface area (Å²) >= 11 is 0. The third-order valence-corrected chi connectivity index (χ3v) is 1.79. The van der Waals surface area contributed by atoms with Gasteiger partial charge in [0.15, 0.2) is 0 Å². The molecule has 0 aromatic heterocycles. The Labute approximate surface area is 91.0 Å². The molecule has 1 heteroatoms. The number of hydrogen-bond donors (Lipinski definition) is 1. The highest BCUT2D eigenvalue weighted by atomic mass is 14.8. The highest BCUT2D eigenvalue weighted by Gasteiger charge is 1.91.